The van der Waals surface area contributed by atoms with E-state index in [1.807, 2.05) is 12.1 Å². The first-order valence-corrected chi connectivity index (χ1v) is 9.94. The van der Waals surface area contributed by atoms with Crippen molar-refractivity contribution in [3.05, 3.63) is 64.7 Å². The van der Waals surface area contributed by atoms with E-state index in [0.717, 1.165) is 24.0 Å². The quantitative estimate of drug-likeness (QED) is 0.726. The Balaban J connectivity index is 1.89. The Bertz CT molecular complexity index is 732. The first-order valence-electron chi connectivity index (χ1n) is 9.94. The first-order chi connectivity index (χ1) is 12.4. The summed E-state index contributed by atoms with van der Waals surface area (Å²) < 4.78 is 6.46. The number of aromatic hydroxyl groups is 1. The van der Waals surface area contributed by atoms with Crippen LogP contribution in [0.25, 0.3) is 0 Å². The van der Waals surface area contributed by atoms with Gasteiger partial charge in [-0.05, 0) is 42.2 Å². The maximum Gasteiger partial charge on any atom is 0.124 e. The number of aryl methyl sites for hydroxylation is 1. The zero-order chi connectivity index (χ0) is 18.8. The lowest BCUT2D eigenvalue weighted by Crippen LogP contribution is -2.40. The van der Waals surface area contributed by atoms with Gasteiger partial charge in [0.15, 0.2) is 0 Å². The van der Waals surface area contributed by atoms with E-state index >= 15 is 0 Å². The molecule has 0 aliphatic carbocycles. The van der Waals surface area contributed by atoms with Gasteiger partial charge >= 0.3 is 0 Å². The first kappa shape index (κ1) is 19.0. The van der Waals surface area contributed by atoms with Gasteiger partial charge in [-0.2, -0.15) is 0 Å². The van der Waals surface area contributed by atoms with Crippen molar-refractivity contribution in [2.45, 2.75) is 59.7 Å². The van der Waals surface area contributed by atoms with Crippen molar-refractivity contribution in [3.8, 4) is 5.75 Å². The Kier molecular flexibility index (Phi) is 5.72. The highest BCUT2D eigenvalue weighted by Gasteiger charge is 2.39. The van der Waals surface area contributed by atoms with Crippen LogP contribution in [0, 0.1) is 24.7 Å². The summed E-state index contributed by atoms with van der Waals surface area (Å²) in [6.07, 6.45) is 1.97. The molecule has 26 heavy (non-hydrogen) atoms. The van der Waals surface area contributed by atoms with Crippen LogP contribution >= 0.6 is 0 Å². The van der Waals surface area contributed by atoms with E-state index in [4.69, 9.17) is 4.74 Å². The summed E-state index contributed by atoms with van der Waals surface area (Å²) in [7, 11) is 0. The fourth-order valence-corrected chi connectivity index (χ4v) is 4.26. The number of para-hydroxylation sites is 1. The summed E-state index contributed by atoms with van der Waals surface area (Å²) in [6.45, 7) is 11.1. The zero-order valence-corrected chi connectivity index (χ0v) is 16.7. The van der Waals surface area contributed by atoms with Gasteiger partial charge in [0.1, 0.15) is 5.75 Å². The Hall–Kier alpha value is -1.80. The number of benzene rings is 2. The molecule has 2 heteroatoms. The minimum absolute atomic E-state index is 0.0379. The molecule has 0 aromatic heterocycles. The third-order valence-electron chi connectivity index (χ3n) is 6.42. The predicted octanol–water partition coefficient (Wildman–Crippen LogP) is 6.05. The van der Waals surface area contributed by atoms with Crippen molar-refractivity contribution in [1.29, 1.82) is 0 Å². The largest absolute Gasteiger partial charge is 0.507 e. The van der Waals surface area contributed by atoms with Crippen molar-refractivity contribution in [1.82, 2.24) is 0 Å². The van der Waals surface area contributed by atoms with Crippen LogP contribution < -0.4 is 0 Å². The van der Waals surface area contributed by atoms with Gasteiger partial charge in [0.25, 0.3) is 0 Å². The average Bonchev–Trinajstić information content (AvgIpc) is 2.64. The lowest BCUT2D eigenvalue weighted by atomic mass is 9.74. The molecule has 5 atom stereocenters. The molecule has 1 heterocycles. The Labute approximate surface area is 158 Å². The highest BCUT2D eigenvalue weighted by Crippen LogP contribution is 2.46. The third kappa shape index (κ3) is 3.66. The summed E-state index contributed by atoms with van der Waals surface area (Å²) in [6, 6.07) is 14.6. The molecule has 1 saturated heterocycles. The smallest absolute Gasteiger partial charge is 0.124 e. The minimum atomic E-state index is -0.0379. The van der Waals surface area contributed by atoms with Crippen LogP contribution in [0.4, 0.5) is 0 Å². The Morgan fingerprint density at radius 1 is 0.923 bits per heavy atom. The van der Waals surface area contributed by atoms with E-state index < -0.39 is 0 Å². The molecule has 0 bridgehead atoms. The predicted molar refractivity (Wildman–Crippen MR) is 107 cm³/mol. The van der Waals surface area contributed by atoms with E-state index in [0.29, 0.717) is 23.5 Å². The van der Waals surface area contributed by atoms with Crippen LogP contribution in [-0.4, -0.2) is 11.2 Å². The molecule has 0 unspecified atom stereocenters. The van der Waals surface area contributed by atoms with Crippen LogP contribution in [0.3, 0.4) is 0 Å². The number of ether oxygens (including phenoxy) is 1. The topological polar surface area (TPSA) is 29.5 Å². The second-order valence-electron chi connectivity index (χ2n) is 8.10. The fourth-order valence-electron chi connectivity index (χ4n) is 4.26. The molecule has 0 spiro atoms. The van der Waals surface area contributed by atoms with E-state index in [1.165, 1.54) is 11.1 Å². The van der Waals surface area contributed by atoms with Crippen LogP contribution in [-0.2, 0) is 11.2 Å². The van der Waals surface area contributed by atoms with Crippen LogP contribution in [0.1, 0.15) is 62.5 Å². The van der Waals surface area contributed by atoms with E-state index in [1.54, 1.807) is 0 Å². The summed E-state index contributed by atoms with van der Waals surface area (Å²) in [5.41, 5.74) is 4.39. The van der Waals surface area contributed by atoms with Crippen LogP contribution in [0.5, 0.6) is 5.75 Å². The van der Waals surface area contributed by atoms with Crippen molar-refractivity contribution in [2.24, 2.45) is 17.8 Å². The molecule has 2 aromatic carbocycles. The molecule has 1 aliphatic heterocycles. The lowest BCUT2D eigenvalue weighted by Gasteiger charge is -2.44. The van der Waals surface area contributed by atoms with Gasteiger partial charge in [-0.15, -0.1) is 0 Å². The second-order valence-corrected chi connectivity index (χ2v) is 8.10. The molecule has 1 N–H and O–H groups in total. The maximum atomic E-state index is 11.0. The average molecular weight is 353 g/mol. The van der Waals surface area contributed by atoms with Crippen molar-refractivity contribution >= 4 is 0 Å². The van der Waals surface area contributed by atoms with Gasteiger partial charge < -0.3 is 9.84 Å². The molecule has 0 radical (unpaired) electrons. The number of rotatable bonds is 4. The molecular weight excluding hydrogens is 320 g/mol. The lowest BCUT2D eigenvalue weighted by molar-refractivity contribution is -0.137. The van der Waals surface area contributed by atoms with Crippen LogP contribution in [0.2, 0.25) is 0 Å². The molecule has 0 amide bonds. The Morgan fingerprint density at radius 2 is 1.62 bits per heavy atom. The number of hydrogen-bond acceptors (Lipinski definition) is 2. The van der Waals surface area contributed by atoms with Gasteiger partial charge in [0.2, 0.25) is 0 Å². The summed E-state index contributed by atoms with van der Waals surface area (Å²) >= 11 is 0. The highest BCUT2D eigenvalue weighted by molar-refractivity contribution is 5.44. The highest BCUT2D eigenvalue weighted by atomic mass is 16.5. The molecule has 1 aliphatic rings. The standard InChI is InChI=1S/C24H32O2/c1-6-22-17(4)16(3)18(5)24(26-22)21-9-7-8-20(23(21)25)14-19-12-10-15(2)11-13-19/h7-13,16-18,22,24-25H,6,14H2,1-5H3/t16-,17-,18+,22+,24+/m0/s1. The van der Waals surface area contributed by atoms with Gasteiger partial charge in [-0.3, -0.25) is 0 Å². The fraction of sp³-hybridized carbons (Fsp3) is 0.500. The maximum absolute atomic E-state index is 11.0. The zero-order valence-electron chi connectivity index (χ0n) is 16.7. The van der Waals surface area contributed by atoms with Gasteiger partial charge in [-0.25, -0.2) is 0 Å². The molecular formula is C24H32O2. The van der Waals surface area contributed by atoms with Gasteiger partial charge in [0.05, 0.1) is 12.2 Å². The summed E-state index contributed by atoms with van der Waals surface area (Å²) in [5.74, 6) is 1.90. The van der Waals surface area contributed by atoms with Crippen LogP contribution in [0.15, 0.2) is 42.5 Å². The molecule has 2 nitrogen and oxygen atoms in total. The van der Waals surface area contributed by atoms with Crippen molar-refractivity contribution in [2.75, 3.05) is 0 Å². The molecule has 3 rings (SSSR count). The van der Waals surface area contributed by atoms with E-state index in [2.05, 4.69) is 65.0 Å². The monoisotopic (exact) mass is 352 g/mol. The SMILES string of the molecule is CC[C@H]1O[C@@H](c2cccc(Cc3ccc(C)cc3)c2O)[C@H](C)[C@@H](C)[C@@H]1C. The molecule has 1 fully saturated rings. The van der Waals surface area contributed by atoms with E-state index in [9.17, 15) is 5.11 Å². The summed E-state index contributed by atoms with van der Waals surface area (Å²) in [5, 5.41) is 11.0. The third-order valence-corrected chi connectivity index (χ3v) is 6.42. The van der Waals surface area contributed by atoms with Crippen molar-refractivity contribution in [3.63, 3.8) is 0 Å². The van der Waals surface area contributed by atoms with Gasteiger partial charge in [0, 0.05) is 12.0 Å². The molecule has 140 valence electrons. The number of hydrogen-bond donors (Lipinski definition) is 1. The number of phenols is 1. The van der Waals surface area contributed by atoms with E-state index in [-0.39, 0.29) is 12.2 Å². The normalized spacial score (nSPS) is 28.9. The summed E-state index contributed by atoms with van der Waals surface area (Å²) in [4.78, 5) is 0. The Morgan fingerprint density at radius 3 is 2.27 bits per heavy atom. The second kappa shape index (κ2) is 7.84. The van der Waals surface area contributed by atoms with Crippen molar-refractivity contribution < 1.29 is 9.84 Å². The number of phenolic OH excluding ortho intramolecular Hbond substituents is 1. The molecule has 0 saturated carbocycles. The van der Waals surface area contributed by atoms with Gasteiger partial charge in [-0.1, -0.05) is 75.7 Å². The molecule has 2 aromatic rings. The minimum Gasteiger partial charge on any atom is -0.507 e.